The lowest BCUT2D eigenvalue weighted by Gasteiger charge is -2.19. The zero-order valence-corrected chi connectivity index (χ0v) is 7.73. The standard InChI is InChI=1S/C10H17NO/c1-2-8-3-4-10(5-8)6-9(12)11-7-10/h8H,2-7H2,1H3,(H,11,12)/t8-,10-/m0/s1. The molecule has 0 unspecified atom stereocenters. The minimum atomic E-state index is 0.270. The molecule has 0 bridgehead atoms. The summed E-state index contributed by atoms with van der Waals surface area (Å²) in [6, 6.07) is 0. The molecule has 1 aliphatic carbocycles. The Labute approximate surface area is 73.7 Å². The lowest BCUT2D eigenvalue weighted by atomic mass is 9.84. The summed E-state index contributed by atoms with van der Waals surface area (Å²) in [5.41, 5.74) is 0.373. The predicted molar refractivity (Wildman–Crippen MR) is 47.7 cm³/mol. The minimum Gasteiger partial charge on any atom is -0.356 e. The molecule has 1 aliphatic heterocycles. The molecule has 2 atom stereocenters. The second-order valence-corrected chi connectivity index (χ2v) is 4.47. The Balaban J connectivity index is 2.01. The Hall–Kier alpha value is -0.530. The van der Waals surface area contributed by atoms with Crippen molar-refractivity contribution in [1.82, 2.24) is 5.32 Å². The van der Waals surface area contributed by atoms with Crippen molar-refractivity contribution in [3.05, 3.63) is 0 Å². The second-order valence-electron chi connectivity index (χ2n) is 4.47. The number of nitrogens with one attached hydrogen (secondary N) is 1. The van der Waals surface area contributed by atoms with Crippen molar-refractivity contribution in [3.8, 4) is 0 Å². The van der Waals surface area contributed by atoms with Gasteiger partial charge in [-0.2, -0.15) is 0 Å². The van der Waals surface area contributed by atoms with E-state index in [2.05, 4.69) is 12.2 Å². The van der Waals surface area contributed by atoms with Crippen LogP contribution < -0.4 is 5.32 Å². The smallest absolute Gasteiger partial charge is 0.220 e. The van der Waals surface area contributed by atoms with Crippen LogP contribution in [-0.4, -0.2) is 12.5 Å². The number of carbonyl (C=O) groups excluding carboxylic acids is 1. The van der Waals surface area contributed by atoms with Crippen LogP contribution in [0.25, 0.3) is 0 Å². The van der Waals surface area contributed by atoms with Gasteiger partial charge in [-0.3, -0.25) is 4.79 Å². The quantitative estimate of drug-likeness (QED) is 0.632. The van der Waals surface area contributed by atoms with Crippen molar-refractivity contribution in [2.24, 2.45) is 11.3 Å². The van der Waals surface area contributed by atoms with E-state index in [1.54, 1.807) is 0 Å². The lowest BCUT2D eigenvalue weighted by Crippen LogP contribution is -2.20. The van der Waals surface area contributed by atoms with Crippen LogP contribution in [-0.2, 0) is 4.79 Å². The molecule has 68 valence electrons. The first-order valence-corrected chi connectivity index (χ1v) is 5.01. The normalized spacial score (nSPS) is 40.8. The highest BCUT2D eigenvalue weighted by Gasteiger charge is 2.43. The van der Waals surface area contributed by atoms with Crippen molar-refractivity contribution in [3.63, 3.8) is 0 Å². The van der Waals surface area contributed by atoms with Crippen molar-refractivity contribution in [2.45, 2.75) is 39.0 Å². The molecule has 0 aromatic heterocycles. The molecule has 1 spiro atoms. The molecule has 2 aliphatic rings. The first-order valence-electron chi connectivity index (χ1n) is 5.01. The maximum absolute atomic E-state index is 11.1. The molecule has 0 aromatic rings. The summed E-state index contributed by atoms with van der Waals surface area (Å²) < 4.78 is 0. The summed E-state index contributed by atoms with van der Waals surface area (Å²) >= 11 is 0. The molecular formula is C10H17NO. The lowest BCUT2D eigenvalue weighted by molar-refractivity contribution is -0.119. The van der Waals surface area contributed by atoms with E-state index in [0.29, 0.717) is 5.41 Å². The zero-order chi connectivity index (χ0) is 8.60. The van der Waals surface area contributed by atoms with Gasteiger partial charge in [-0.25, -0.2) is 0 Å². The Morgan fingerprint density at radius 1 is 1.67 bits per heavy atom. The van der Waals surface area contributed by atoms with Gasteiger partial charge < -0.3 is 5.32 Å². The molecule has 2 nitrogen and oxygen atoms in total. The molecule has 1 heterocycles. The van der Waals surface area contributed by atoms with Crippen molar-refractivity contribution < 1.29 is 4.79 Å². The second kappa shape index (κ2) is 2.75. The summed E-state index contributed by atoms with van der Waals surface area (Å²) in [6.45, 7) is 3.20. The molecule has 2 rings (SSSR count). The van der Waals surface area contributed by atoms with E-state index in [1.807, 2.05) is 0 Å². The number of hydrogen-bond acceptors (Lipinski definition) is 1. The van der Waals surface area contributed by atoms with Gasteiger partial charge >= 0.3 is 0 Å². The number of amides is 1. The average molecular weight is 167 g/mol. The summed E-state index contributed by atoms with van der Waals surface area (Å²) in [6.07, 6.45) is 5.97. The molecule has 1 saturated heterocycles. The van der Waals surface area contributed by atoms with Crippen molar-refractivity contribution in [2.75, 3.05) is 6.54 Å². The van der Waals surface area contributed by atoms with Gasteiger partial charge in [-0.1, -0.05) is 13.3 Å². The molecule has 0 radical (unpaired) electrons. The molecule has 2 fully saturated rings. The fourth-order valence-corrected chi connectivity index (χ4v) is 2.75. The van der Waals surface area contributed by atoms with Crippen LogP contribution in [0.4, 0.5) is 0 Å². The molecule has 1 saturated carbocycles. The van der Waals surface area contributed by atoms with Gasteiger partial charge in [0.15, 0.2) is 0 Å². The Morgan fingerprint density at radius 3 is 3.00 bits per heavy atom. The number of carbonyl (C=O) groups is 1. The Kier molecular flexibility index (Phi) is 1.85. The molecule has 0 aromatic carbocycles. The van der Waals surface area contributed by atoms with E-state index >= 15 is 0 Å². The molecular weight excluding hydrogens is 150 g/mol. The minimum absolute atomic E-state index is 0.270. The summed E-state index contributed by atoms with van der Waals surface area (Å²) in [5, 5.41) is 2.96. The van der Waals surface area contributed by atoms with E-state index in [4.69, 9.17) is 0 Å². The van der Waals surface area contributed by atoms with E-state index < -0.39 is 0 Å². The third-order valence-corrected chi connectivity index (χ3v) is 3.58. The monoisotopic (exact) mass is 167 g/mol. The van der Waals surface area contributed by atoms with Gasteiger partial charge in [-0.15, -0.1) is 0 Å². The molecule has 1 N–H and O–H groups in total. The highest BCUT2D eigenvalue weighted by atomic mass is 16.1. The molecule has 12 heavy (non-hydrogen) atoms. The fraction of sp³-hybridized carbons (Fsp3) is 0.900. The van der Waals surface area contributed by atoms with Crippen LogP contribution >= 0.6 is 0 Å². The van der Waals surface area contributed by atoms with E-state index in [1.165, 1.54) is 25.7 Å². The summed E-state index contributed by atoms with van der Waals surface area (Å²) in [7, 11) is 0. The molecule has 1 amide bonds. The zero-order valence-electron chi connectivity index (χ0n) is 7.73. The van der Waals surface area contributed by atoms with E-state index in [-0.39, 0.29) is 5.91 Å². The predicted octanol–water partition coefficient (Wildman–Crippen LogP) is 1.70. The van der Waals surface area contributed by atoms with Crippen LogP contribution in [0.15, 0.2) is 0 Å². The number of hydrogen-bond donors (Lipinski definition) is 1. The van der Waals surface area contributed by atoms with Gasteiger partial charge in [-0.05, 0) is 30.6 Å². The van der Waals surface area contributed by atoms with Crippen LogP contribution in [0.3, 0.4) is 0 Å². The topological polar surface area (TPSA) is 29.1 Å². The Morgan fingerprint density at radius 2 is 2.50 bits per heavy atom. The van der Waals surface area contributed by atoms with Gasteiger partial charge in [0.25, 0.3) is 0 Å². The van der Waals surface area contributed by atoms with E-state index in [0.717, 1.165) is 18.9 Å². The van der Waals surface area contributed by atoms with Crippen LogP contribution in [0.5, 0.6) is 0 Å². The van der Waals surface area contributed by atoms with Crippen LogP contribution in [0, 0.1) is 11.3 Å². The van der Waals surface area contributed by atoms with Crippen LogP contribution in [0.2, 0.25) is 0 Å². The highest BCUT2D eigenvalue weighted by molar-refractivity contribution is 5.79. The SMILES string of the molecule is CC[C@H]1CC[C@]2(CNC(=O)C2)C1. The first kappa shape index (κ1) is 8.09. The maximum Gasteiger partial charge on any atom is 0.220 e. The van der Waals surface area contributed by atoms with Crippen molar-refractivity contribution in [1.29, 1.82) is 0 Å². The Bertz CT molecular complexity index is 202. The maximum atomic E-state index is 11.1. The first-order chi connectivity index (χ1) is 5.74. The number of rotatable bonds is 1. The third kappa shape index (κ3) is 1.23. The van der Waals surface area contributed by atoms with Crippen LogP contribution in [0.1, 0.15) is 39.0 Å². The summed E-state index contributed by atoms with van der Waals surface area (Å²) in [5.74, 6) is 1.16. The highest BCUT2D eigenvalue weighted by Crippen LogP contribution is 2.46. The van der Waals surface area contributed by atoms with Crippen molar-refractivity contribution >= 4 is 5.91 Å². The van der Waals surface area contributed by atoms with Gasteiger partial charge in [0.1, 0.15) is 0 Å². The van der Waals surface area contributed by atoms with Gasteiger partial charge in [0, 0.05) is 13.0 Å². The van der Waals surface area contributed by atoms with Gasteiger partial charge in [0.2, 0.25) is 5.91 Å². The van der Waals surface area contributed by atoms with Gasteiger partial charge in [0.05, 0.1) is 0 Å². The van der Waals surface area contributed by atoms with E-state index in [9.17, 15) is 4.79 Å². The average Bonchev–Trinajstić information content (AvgIpc) is 2.61. The fourth-order valence-electron chi connectivity index (χ4n) is 2.75. The summed E-state index contributed by atoms with van der Waals surface area (Å²) in [4.78, 5) is 11.1. The molecule has 2 heteroatoms. The largest absolute Gasteiger partial charge is 0.356 e. The third-order valence-electron chi connectivity index (χ3n) is 3.58.